The van der Waals surface area contributed by atoms with E-state index in [1.165, 1.54) is 23.5 Å². The molecule has 1 atom stereocenters. The fourth-order valence-corrected chi connectivity index (χ4v) is 5.11. The summed E-state index contributed by atoms with van der Waals surface area (Å²) in [5.74, 6) is 0.239. The Kier molecular flexibility index (Phi) is 3.60. The van der Waals surface area contributed by atoms with Crippen LogP contribution in [0.15, 0.2) is 29.6 Å². The standard InChI is InChI=1S/C14H14FNO2S2/c15-12-3-1-2-10(6-12)7-14-16-13(8-19-14)11-4-5-20(17,18)9-11/h1-3,6,8,11H,4-5,7,9H2/t11-/m1/s1. The van der Waals surface area contributed by atoms with E-state index in [1.54, 1.807) is 6.07 Å². The molecule has 3 nitrogen and oxygen atoms in total. The van der Waals surface area contributed by atoms with Crippen molar-refractivity contribution >= 4 is 21.2 Å². The molecule has 1 aliphatic heterocycles. The van der Waals surface area contributed by atoms with Gasteiger partial charge in [0.05, 0.1) is 22.2 Å². The molecule has 1 saturated heterocycles. The van der Waals surface area contributed by atoms with E-state index in [0.717, 1.165) is 16.3 Å². The van der Waals surface area contributed by atoms with E-state index in [-0.39, 0.29) is 23.2 Å². The van der Waals surface area contributed by atoms with Crippen LogP contribution in [0, 0.1) is 5.82 Å². The van der Waals surface area contributed by atoms with Crippen molar-refractivity contribution in [3.8, 4) is 0 Å². The summed E-state index contributed by atoms with van der Waals surface area (Å²) in [4.78, 5) is 4.51. The molecule has 0 bridgehead atoms. The highest BCUT2D eigenvalue weighted by molar-refractivity contribution is 7.91. The third-order valence-corrected chi connectivity index (χ3v) is 6.10. The fraction of sp³-hybridized carbons (Fsp3) is 0.357. The molecular formula is C14H14FNO2S2. The largest absolute Gasteiger partial charge is 0.246 e. The molecule has 0 unspecified atom stereocenters. The summed E-state index contributed by atoms with van der Waals surface area (Å²) in [6, 6.07) is 6.47. The van der Waals surface area contributed by atoms with Gasteiger partial charge in [0.1, 0.15) is 5.82 Å². The monoisotopic (exact) mass is 311 g/mol. The van der Waals surface area contributed by atoms with Gasteiger partial charge in [-0.05, 0) is 24.1 Å². The zero-order chi connectivity index (χ0) is 14.2. The molecule has 1 aromatic heterocycles. The van der Waals surface area contributed by atoms with E-state index in [4.69, 9.17) is 0 Å². The molecule has 0 spiro atoms. The Morgan fingerprint density at radius 1 is 1.40 bits per heavy atom. The van der Waals surface area contributed by atoms with Gasteiger partial charge >= 0.3 is 0 Å². The molecule has 0 amide bonds. The summed E-state index contributed by atoms with van der Waals surface area (Å²) in [6.07, 6.45) is 1.24. The summed E-state index contributed by atoms with van der Waals surface area (Å²) in [5, 5.41) is 2.83. The van der Waals surface area contributed by atoms with Crippen molar-refractivity contribution in [3.05, 3.63) is 51.7 Å². The van der Waals surface area contributed by atoms with Crippen LogP contribution in [0.25, 0.3) is 0 Å². The van der Waals surface area contributed by atoms with Crippen LogP contribution in [-0.4, -0.2) is 24.9 Å². The lowest BCUT2D eigenvalue weighted by atomic mass is 10.1. The lowest BCUT2D eigenvalue weighted by molar-refractivity contribution is 0.601. The van der Waals surface area contributed by atoms with Crippen LogP contribution in [0.1, 0.15) is 28.6 Å². The summed E-state index contributed by atoms with van der Waals surface area (Å²) in [7, 11) is -2.88. The molecule has 1 aromatic carbocycles. The van der Waals surface area contributed by atoms with Crippen LogP contribution >= 0.6 is 11.3 Å². The van der Waals surface area contributed by atoms with Gasteiger partial charge in [-0.15, -0.1) is 11.3 Å². The number of benzene rings is 1. The topological polar surface area (TPSA) is 47.0 Å². The van der Waals surface area contributed by atoms with Crippen molar-refractivity contribution in [2.24, 2.45) is 0 Å². The second-order valence-electron chi connectivity index (χ2n) is 5.07. The first-order valence-electron chi connectivity index (χ1n) is 6.41. The van der Waals surface area contributed by atoms with E-state index >= 15 is 0 Å². The van der Waals surface area contributed by atoms with Gasteiger partial charge in [-0.25, -0.2) is 17.8 Å². The number of aromatic nitrogens is 1. The van der Waals surface area contributed by atoms with Crippen LogP contribution < -0.4 is 0 Å². The van der Waals surface area contributed by atoms with E-state index in [9.17, 15) is 12.8 Å². The Morgan fingerprint density at radius 3 is 2.95 bits per heavy atom. The lowest BCUT2D eigenvalue weighted by Gasteiger charge is -2.02. The van der Waals surface area contributed by atoms with Gasteiger partial charge in [-0.1, -0.05) is 12.1 Å². The number of halogens is 1. The molecule has 0 saturated carbocycles. The highest BCUT2D eigenvalue weighted by Gasteiger charge is 2.30. The summed E-state index contributed by atoms with van der Waals surface area (Å²) in [5.41, 5.74) is 1.74. The van der Waals surface area contributed by atoms with Crippen molar-refractivity contribution < 1.29 is 12.8 Å². The zero-order valence-corrected chi connectivity index (χ0v) is 12.4. The number of rotatable bonds is 3. The average Bonchev–Trinajstić information content (AvgIpc) is 2.96. The fourth-order valence-electron chi connectivity index (χ4n) is 2.44. The van der Waals surface area contributed by atoms with Gasteiger partial charge in [0.15, 0.2) is 9.84 Å². The predicted molar refractivity (Wildman–Crippen MR) is 77.3 cm³/mol. The van der Waals surface area contributed by atoms with Crippen LogP contribution in [0.2, 0.25) is 0 Å². The second kappa shape index (κ2) is 5.26. The number of sulfone groups is 1. The Balaban J connectivity index is 1.74. The van der Waals surface area contributed by atoms with E-state index in [2.05, 4.69) is 4.98 Å². The van der Waals surface area contributed by atoms with Crippen LogP contribution in [0.3, 0.4) is 0 Å². The average molecular weight is 311 g/mol. The molecule has 3 rings (SSSR count). The molecule has 106 valence electrons. The molecule has 0 aliphatic carbocycles. The first-order chi connectivity index (χ1) is 9.52. The van der Waals surface area contributed by atoms with Crippen molar-refractivity contribution in [2.75, 3.05) is 11.5 Å². The molecule has 2 aromatic rings. The van der Waals surface area contributed by atoms with Gasteiger partial charge in [0.2, 0.25) is 0 Å². The first-order valence-corrected chi connectivity index (χ1v) is 9.11. The van der Waals surface area contributed by atoms with E-state index < -0.39 is 9.84 Å². The predicted octanol–water partition coefficient (Wildman–Crippen LogP) is 2.78. The van der Waals surface area contributed by atoms with Crippen LogP contribution in [0.4, 0.5) is 4.39 Å². The van der Waals surface area contributed by atoms with Crippen molar-refractivity contribution in [1.29, 1.82) is 0 Å². The maximum Gasteiger partial charge on any atom is 0.151 e. The minimum absolute atomic E-state index is 0.0255. The van der Waals surface area contributed by atoms with Crippen molar-refractivity contribution in [2.45, 2.75) is 18.8 Å². The molecule has 2 heterocycles. The molecular weight excluding hydrogens is 297 g/mol. The third kappa shape index (κ3) is 3.07. The Labute approximate surface area is 121 Å². The molecule has 0 radical (unpaired) electrons. The third-order valence-electron chi connectivity index (χ3n) is 3.46. The molecule has 0 N–H and O–H groups in total. The smallest absolute Gasteiger partial charge is 0.151 e. The Bertz CT molecular complexity index is 724. The van der Waals surface area contributed by atoms with Gasteiger partial charge in [-0.3, -0.25) is 0 Å². The van der Waals surface area contributed by atoms with Crippen LogP contribution in [0.5, 0.6) is 0 Å². The second-order valence-corrected chi connectivity index (χ2v) is 8.24. The number of hydrogen-bond donors (Lipinski definition) is 0. The normalized spacial score (nSPS) is 21.1. The number of thiazole rings is 1. The zero-order valence-electron chi connectivity index (χ0n) is 10.8. The van der Waals surface area contributed by atoms with E-state index in [0.29, 0.717) is 12.8 Å². The van der Waals surface area contributed by atoms with E-state index in [1.807, 2.05) is 11.4 Å². The van der Waals surface area contributed by atoms with Gasteiger partial charge in [0.25, 0.3) is 0 Å². The molecule has 1 aliphatic rings. The quantitative estimate of drug-likeness (QED) is 0.875. The SMILES string of the molecule is O=S1(=O)CC[C@@H](c2csc(Cc3cccc(F)c3)n2)C1. The summed E-state index contributed by atoms with van der Waals surface area (Å²) < 4.78 is 36.1. The Hall–Kier alpha value is -1.27. The van der Waals surface area contributed by atoms with Gasteiger partial charge in [0, 0.05) is 17.7 Å². The lowest BCUT2D eigenvalue weighted by Crippen LogP contribution is -2.04. The minimum Gasteiger partial charge on any atom is -0.246 e. The minimum atomic E-state index is -2.88. The number of hydrogen-bond acceptors (Lipinski definition) is 4. The van der Waals surface area contributed by atoms with Gasteiger partial charge in [-0.2, -0.15) is 0 Å². The van der Waals surface area contributed by atoms with Crippen LogP contribution in [-0.2, 0) is 16.3 Å². The summed E-state index contributed by atoms with van der Waals surface area (Å²) in [6.45, 7) is 0. The maximum atomic E-state index is 13.1. The molecule has 6 heteroatoms. The number of nitrogens with zero attached hydrogens (tertiary/aromatic N) is 1. The van der Waals surface area contributed by atoms with Crippen molar-refractivity contribution in [1.82, 2.24) is 4.98 Å². The first kappa shape index (κ1) is 13.7. The molecule has 20 heavy (non-hydrogen) atoms. The highest BCUT2D eigenvalue weighted by atomic mass is 32.2. The Morgan fingerprint density at radius 2 is 2.25 bits per heavy atom. The maximum absolute atomic E-state index is 13.1. The van der Waals surface area contributed by atoms with Gasteiger partial charge < -0.3 is 0 Å². The molecule has 1 fully saturated rings. The van der Waals surface area contributed by atoms with Crippen molar-refractivity contribution in [3.63, 3.8) is 0 Å². The summed E-state index contributed by atoms with van der Waals surface area (Å²) >= 11 is 1.51. The highest BCUT2D eigenvalue weighted by Crippen LogP contribution is 2.30.